The molecule has 0 aliphatic carbocycles. The molecule has 19 heavy (non-hydrogen) atoms. The van der Waals surface area contributed by atoms with E-state index >= 15 is 0 Å². The van der Waals surface area contributed by atoms with Crippen LogP contribution in [0.4, 0.5) is 0 Å². The van der Waals surface area contributed by atoms with Gasteiger partial charge in [-0.2, -0.15) is 0 Å². The van der Waals surface area contributed by atoms with Crippen molar-refractivity contribution in [1.82, 2.24) is 0 Å². The second kappa shape index (κ2) is 5.48. The molecule has 0 spiro atoms. The van der Waals surface area contributed by atoms with Crippen LogP contribution in [0, 0.1) is 6.92 Å². The van der Waals surface area contributed by atoms with Gasteiger partial charge < -0.3 is 13.9 Å². The highest BCUT2D eigenvalue weighted by Crippen LogP contribution is 2.34. The van der Waals surface area contributed by atoms with Gasteiger partial charge in [0.2, 0.25) is 0 Å². The van der Waals surface area contributed by atoms with E-state index in [4.69, 9.17) is 13.9 Å². The third-order valence-corrected chi connectivity index (χ3v) is 3.37. The van der Waals surface area contributed by atoms with E-state index in [2.05, 4.69) is 15.9 Å². The molecule has 1 aromatic carbocycles. The van der Waals surface area contributed by atoms with Crippen molar-refractivity contribution in [3.8, 4) is 11.5 Å². The third kappa shape index (κ3) is 2.66. The van der Waals surface area contributed by atoms with Gasteiger partial charge in [-0.3, -0.25) is 4.79 Å². The van der Waals surface area contributed by atoms with Crippen LogP contribution in [0.3, 0.4) is 0 Å². The van der Waals surface area contributed by atoms with Gasteiger partial charge in [0, 0.05) is 10.0 Å². The maximum absolute atomic E-state index is 12.4. The second-order valence-electron chi connectivity index (χ2n) is 3.96. The Kier molecular flexibility index (Phi) is 3.95. The predicted octanol–water partition coefficient (Wildman–Crippen LogP) is 3.60. The van der Waals surface area contributed by atoms with Gasteiger partial charge in [0.1, 0.15) is 12.0 Å². The zero-order valence-electron chi connectivity index (χ0n) is 10.8. The van der Waals surface area contributed by atoms with E-state index in [1.165, 1.54) is 13.4 Å². The first kappa shape index (κ1) is 13.7. The molecule has 1 heterocycles. The quantitative estimate of drug-likeness (QED) is 0.806. The number of ether oxygens (including phenoxy) is 2. The first-order valence-electron chi connectivity index (χ1n) is 5.58. The van der Waals surface area contributed by atoms with Crippen molar-refractivity contribution < 1.29 is 18.7 Å². The molecule has 2 rings (SSSR count). The molecule has 0 aliphatic rings. The molecule has 0 N–H and O–H groups in total. The lowest BCUT2D eigenvalue weighted by atomic mass is 10.1. The molecule has 0 atom stereocenters. The van der Waals surface area contributed by atoms with Crippen LogP contribution >= 0.6 is 15.9 Å². The predicted molar refractivity (Wildman–Crippen MR) is 74.1 cm³/mol. The number of hydrogen-bond donors (Lipinski definition) is 0. The van der Waals surface area contributed by atoms with Crippen LogP contribution in [-0.4, -0.2) is 20.0 Å². The fourth-order valence-electron chi connectivity index (χ4n) is 1.75. The molecule has 2 aromatic rings. The smallest absolute Gasteiger partial charge is 0.197 e. The van der Waals surface area contributed by atoms with E-state index in [1.54, 1.807) is 32.2 Å². The summed E-state index contributed by atoms with van der Waals surface area (Å²) in [4.78, 5) is 12.4. The molecule has 1 aromatic heterocycles. The zero-order valence-corrected chi connectivity index (χ0v) is 12.4. The Morgan fingerprint density at radius 2 is 1.79 bits per heavy atom. The fourth-order valence-corrected chi connectivity index (χ4v) is 2.25. The maximum atomic E-state index is 12.4. The molecule has 0 saturated heterocycles. The summed E-state index contributed by atoms with van der Waals surface area (Å²) in [5.74, 6) is 1.63. The standard InChI is InChI=1S/C14H13BrO4/c1-8-4-9(7-19-8)14(16)10-5-12(17-2)13(18-3)6-11(10)15/h4-7H,1-3H3. The van der Waals surface area contributed by atoms with Gasteiger partial charge >= 0.3 is 0 Å². The van der Waals surface area contributed by atoms with Crippen molar-refractivity contribution in [2.75, 3.05) is 14.2 Å². The fraction of sp³-hybridized carbons (Fsp3) is 0.214. The van der Waals surface area contributed by atoms with E-state index < -0.39 is 0 Å². The van der Waals surface area contributed by atoms with E-state index in [9.17, 15) is 4.79 Å². The van der Waals surface area contributed by atoms with Crippen LogP contribution in [0.1, 0.15) is 21.7 Å². The van der Waals surface area contributed by atoms with Crippen LogP contribution in [-0.2, 0) is 0 Å². The number of halogens is 1. The lowest BCUT2D eigenvalue weighted by Gasteiger charge is -2.10. The molecule has 4 nitrogen and oxygen atoms in total. The first-order chi connectivity index (χ1) is 9.06. The summed E-state index contributed by atoms with van der Waals surface area (Å²) in [6.45, 7) is 1.79. The van der Waals surface area contributed by atoms with Gasteiger partial charge in [0.25, 0.3) is 0 Å². The normalized spacial score (nSPS) is 10.3. The Labute approximate surface area is 119 Å². The molecule has 0 saturated carbocycles. The molecule has 0 unspecified atom stereocenters. The first-order valence-corrected chi connectivity index (χ1v) is 6.37. The number of ketones is 1. The number of carbonyl (C=O) groups excluding carboxylic acids is 1. The van der Waals surface area contributed by atoms with E-state index in [-0.39, 0.29) is 5.78 Å². The summed E-state index contributed by atoms with van der Waals surface area (Å²) in [5, 5.41) is 0. The molecular weight excluding hydrogens is 312 g/mol. The summed E-state index contributed by atoms with van der Waals surface area (Å²) in [6, 6.07) is 5.05. The summed E-state index contributed by atoms with van der Waals surface area (Å²) in [5.41, 5.74) is 1.00. The molecule has 0 radical (unpaired) electrons. The minimum absolute atomic E-state index is 0.135. The number of benzene rings is 1. The van der Waals surface area contributed by atoms with Crippen molar-refractivity contribution in [2.24, 2.45) is 0 Å². The van der Waals surface area contributed by atoms with Crippen molar-refractivity contribution in [3.05, 3.63) is 45.8 Å². The highest BCUT2D eigenvalue weighted by atomic mass is 79.9. The average molecular weight is 325 g/mol. The van der Waals surface area contributed by atoms with Crippen LogP contribution in [0.25, 0.3) is 0 Å². The van der Waals surface area contributed by atoms with Crippen LogP contribution in [0.15, 0.2) is 33.4 Å². The van der Waals surface area contributed by atoms with Crippen LogP contribution in [0.2, 0.25) is 0 Å². The summed E-state index contributed by atoms with van der Waals surface area (Å²) >= 11 is 3.37. The average Bonchev–Trinajstić information content (AvgIpc) is 2.84. The monoisotopic (exact) mass is 324 g/mol. The Morgan fingerprint density at radius 3 is 2.32 bits per heavy atom. The molecular formula is C14H13BrO4. The largest absolute Gasteiger partial charge is 0.493 e. The minimum atomic E-state index is -0.135. The SMILES string of the molecule is COc1cc(Br)c(C(=O)c2coc(C)c2)cc1OC. The molecule has 100 valence electrons. The zero-order chi connectivity index (χ0) is 14.0. The lowest BCUT2D eigenvalue weighted by Crippen LogP contribution is -2.02. The number of rotatable bonds is 4. The molecule has 5 heteroatoms. The van der Waals surface area contributed by atoms with Gasteiger partial charge in [-0.1, -0.05) is 0 Å². The summed E-state index contributed by atoms with van der Waals surface area (Å²) in [6.07, 6.45) is 1.45. The Bertz CT molecular complexity index is 616. The van der Waals surface area contributed by atoms with Crippen molar-refractivity contribution in [2.45, 2.75) is 6.92 Å². The topological polar surface area (TPSA) is 48.7 Å². The number of aryl methyl sites for hydroxylation is 1. The van der Waals surface area contributed by atoms with Gasteiger partial charge in [-0.15, -0.1) is 0 Å². The highest BCUT2D eigenvalue weighted by Gasteiger charge is 2.18. The number of methoxy groups -OCH3 is 2. The van der Waals surface area contributed by atoms with Gasteiger partial charge in [0.15, 0.2) is 17.3 Å². The number of furan rings is 1. The summed E-state index contributed by atoms with van der Waals surface area (Å²) in [7, 11) is 3.08. The van der Waals surface area contributed by atoms with Gasteiger partial charge in [-0.05, 0) is 41.1 Å². The van der Waals surface area contributed by atoms with Gasteiger partial charge in [-0.25, -0.2) is 0 Å². The van der Waals surface area contributed by atoms with Crippen LogP contribution in [0.5, 0.6) is 11.5 Å². The number of hydrogen-bond acceptors (Lipinski definition) is 4. The van der Waals surface area contributed by atoms with Crippen LogP contribution < -0.4 is 9.47 Å². The maximum Gasteiger partial charge on any atom is 0.197 e. The van der Waals surface area contributed by atoms with Gasteiger partial charge in [0.05, 0.1) is 19.8 Å². The Hall–Kier alpha value is -1.75. The van der Waals surface area contributed by atoms with Crippen molar-refractivity contribution in [1.29, 1.82) is 0 Å². The third-order valence-electron chi connectivity index (χ3n) is 2.71. The van der Waals surface area contributed by atoms with E-state index in [1.807, 2.05) is 0 Å². The lowest BCUT2D eigenvalue weighted by molar-refractivity contribution is 0.103. The van der Waals surface area contributed by atoms with E-state index in [0.717, 1.165) is 0 Å². The Balaban J connectivity index is 2.47. The number of carbonyl (C=O) groups is 1. The summed E-state index contributed by atoms with van der Waals surface area (Å²) < 4.78 is 16.2. The van der Waals surface area contributed by atoms with E-state index in [0.29, 0.717) is 32.9 Å². The minimum Gasteiger partial charge on any atom is -0.493 e. The molecule has 0 fully saturated rings. The second-order valence-corrected chi connectivity index (χ2v) is 4.82. The van der Waals surface area contributed by atoms with Crippen molar-refractivity contribution >= 4 is 21.7 Å². The Morgan fingerprint density at radius 1 is 1.16 bits per heavy atom. The molecule has 0 aliphatic heterocycles. The van der Waals surface area contributed by atoms with Crippen molar-refractivity contribution in [3.63, 3.8) is 0 Å². The molecule has 0 amide bonds. The molecule has 0 bridgehead atoms. The highest BCUT2D eigenvalue weighted by molar-refractivity contribution is 9.10.